The topological polar surface area (TPSA) is 39.9 Å². The maximum atomic E-state index is 12.7. The summed E-state index contributed by atoms with van der Waals surface area (Å²) < 4.78 is 45.3. The highest BCUT2D eigenvalue weighted by Crippen LogP contribution is 2.34. The highest BCUT2D eigenvalue weighted by molar-refractivity contribution is 6.31. The van der Waals surface area contributed by atoms with E-state index < -0.39 is 11.9 Å². The second-order valence-electron chi connectivity index (χ2n) is 5.87. The van der Waals surface area contributed by atoms with Gasteiger partial charge in [0, 0.05) is 31.8 Å². The summed E-state index contributed by atoms with van der Waals surface area (Å²) in [6.07, 6.45) is 2.27. The molecule has 3 rings (SSSR count). The van der Waals surface area contributed by atoms with Crippen molar-refractivity contribution in [2.75, 3.05) is 13.2 Å². The van der Waals surface area contributed by atoms with Crippen molar-refractivity contribution in [3.05, 3.63) is 42.0 Å². The maximum Gasteiger partial charge on any atom is 0.433 e. The smallest absolute Gasteiger partial charge is 0.381 e. The van der Waals surface area contributed by atoms with E-state index in [4.69, 9.17) is 4.74 Å². The van der Waals surface area contributed by atoms with Crippen LogP contribution >= 0.6 is 0 Å². The summed E-state index contributed by atoms with van der Waals surface area (Å²) in [5.74, 6) is 0.265. The Morgan fingerprint density at radius 3 is 2.48 bits per heavy atom. The molecular weight excluding hydrogens is 306 g/mol. The van der Waals surface area contributed by atoms with Gasteiger partial charge in [-0.15, -0.1) is 0 Å². The Morgan fingerprint density at radius 1 is 1.22 bits per heavy atom. The summed E-state index contributed by atoms with van der Waals surface area (Å²) in [5, 5.41) is 4.36. The van der Waals surface area contributed by atoms with E-state index >= 15 is 0 Å². The standard InChI is InChI=1S/C15H17BF3N3O/c16-12-8-21-22(9-12)14(10-3-5-23-6-4-10)11-1-2-13(20-7-11)15(17,18)19/h1-2,7-10,14H,3-6,16H2. The van der Waals surface area contributed by atoms with Gasteiger partial charge in [-0.1, -0.05) is 11.5 Å². The lowest BCUT2D eigenvalue weighted by Gasteiger charge is -2.30. The molecule has 23 heavy (non-hydrogen) atoms. The van der Waals surface area contributed by atoms with Gasteiger partial charge in [0.05, 0.1) is 6.04 Å². The first-order valence-corrected chi connectivity index (χ1v) is 7.57. The third-order valence-electron chi connectivity index (χ3n) is 4.15. The van der Waals surface area contributed by atoms with E-state index in [9.17, 15) is 13.2 Å². The molecule has 2 aromatic heterocycles. The molecule has 4 nitrogen and oxygen atoms in total. The van der Waals surface area contributed by atoms with Crippen LogP contribution in [-0.4, -0.2) is 35.8 Å². The predicted molar refractivity (Wildman–Crippen MR) is 81.3 cm³/mol. The molecule has 0 bridgehead atoms. The minimum absolute atomic E-state index is 0.123. The lowest BCUT2D eigenvalue weighted by atomic mass is 9.87. The van der Waals surface area contributed by atoms with Gasteiger partial charge >= 0.3 is 6.18 Å². The van der Waals surface area contributed by atoms with Crippen LogP contribution in [0.25, 0.3) is 0 Å². The summed E-state index contributed by atoms with van der Waals surface area (Å²) >= 11 is 0. The number of rotatable bonds is 3. The van der Waals surface area contributed by atoms with E-state index in [1.54, 1.807) is 6.20 Å². The van der Waals surface area contributed by atoms with Crippen molar-refractivity contribution in [1.82, 2.24) is 14.8 Å². The zero-order chi connectivity index (χ0) is 16.4. The van der Waals surface area contributed by atoms with Crippen LogP contribution in [0.15, 0.2) is 30.7 Å². The fourth-order valence-electron chi connectivity index (χ4n) is 3.01. The average Bonchev–Trinajstić information content (AvgIpc) is 2.94. The Hall–Kier alpha value is -1.83. The Kier molecular flexibility index (Phi) is 4.43. The molecule has 0 N–H and O–H groups in total. The number of alkyl halides is 3. The third kappa shape index (κ3) is 3.58. The number of nitrogens with zero attached hydrogens (tertiary/aromatic N) is 3. The first kappa shape index (κ1) is 16.0. The van der Waals surface area contributed by atoms with Crippen molar-refractivity contribution in [3.8, 4) is 0 Å². The van der Waals surface area contributed by atoms with Crippen molar-refractivity contribution in [2.45, 2.75) is 25.1 Å². The SMILES string of the molecule is Bc1cnn(C(c2ccc(C(F)(F)F)nc2)C2CCOCC2)c1. The molecule has 0 amide bonds. The van der Waals surface area contributed by atoms with Gasteiger partial charge in [-0.25, -0.2) is 0 Å². The number of hydrogen-bond acceptors (Lipinski definition) is 3. The fourth-order valence-corrected chi connectivity index (χ4v) is 3.01. The number of aromatic nitrogens is 3. The summed E-state index contributed by atoms with van der Waals surface area (Å²) in [6, 6.07) is 2.42. The van der Waals surface area contributed by atoms with Gasteiger partial charge in [0.15, 0.2) is 0 Å². The van der Waals surface area contributed by atoms with Crippen molar-refractivity contribution in [3.63, 3.8) is 0 Å². The van der Waals surface area contributed by atoms with E-state index in [0.717, 1.165) is 29.9 Å². The Balaban J connectivity index is 1.94. The van der Waals surface area contributed by atoms with Gasteiger partial charge in [0.25, 0.3) is 0 Å². The molecule has 0 aromatic carbocycles. The fraction of sp³-hybridized carbons (Fsp3) is 0.467. The minimum atomic E-state index is -4.42. The first-order valence-electron chi connectivity index (χ1n) is 7.57. The van der Waals surface area contributed by atoms with Crippen LogP contribution in [0, 0.1) is 5.92 Å². The first-order chi connectivity index (χ1) is 10.9. The number of ether oxygens (including phenoxy) is 1. The van der Waals surface area contributed by atoms with Gasteiger partial charge in [-0.3, -0.25) is 9.67 Å². The van der Waals surface area contributed by atoms with Crippen LogP contribution in [0.3, 0.4) is 0 Å². The third-order valence-corrected chi connectivity index (χ3v) is 4.15. The van der Waals surface area contributed by atoms with E-state index in [1.807, 2.05) is 18.7 Å². The molecule has 1 fully saturated rings. The molecule has 3 heterocycles. The molecule has 1 unspecified atom stereocenters. The van der Waals surface area contributed by atoms with E-state index in [0.29, 0.717) is 13.2 Å². The van der Waals surface area contributed by atoms with Gasteiger partial charge in [-0.2, -0.15) is 18.3 Å². The van der Waals surface area contributed by atoms with Crippen molar-refractivity contribution >= 4 is 13.3 Å². The van der Waals surface area contributed by atoms with Crippen LogP contribution in [0.4, 0.5) is 13.2 Å². The van der Waals surface area contributed by atoms with Crippen LogP contribution in [0.5, 0.6) is 0 Å². The van der Waals surface area contributed by atoms with Gasteiger partial charge in [-0.05, 0) is 30.4 Å². The zero-order valence-electron chi connectivity index (χ0n) is 12.8. The molecule has 122 valence electrons. The average molecular weight is 323 g/mol. The summed E-state index contributed by atoms with van der Waals surface area (Å²) in [5.41, 5.74) is 0.888. The van der Waals surface area contributed by atoms with Crippen LogP contribution in [-0.2, 0) is 10.9 Å². The molecule has 1 aliphatic rings. The molecule has 0 radical (unpaired) electrons. The largest absolute Gasteiger partial charge is 0.433 e. The Labute approximate surface area is 133 Å². The summed E-state index contributed by atoms with van der Waals surface area (Å²) in [4.78, 5) is 3.60. The quantitative estimate of drug-likeness (QED) is 0.805. The second-order valence-corrected chi connectivity index (χ2v) is 5.87. The monoisotopic (exact) mass is 323 g/mol. The van der Waals surface area contributed by atoms with Crippen LogP contribution in [0.2, 0.25) is 0 Å². The summed E-state index contributed by atoms with van der Waals surface area (Å²) in [6.45, 7) is 1.32. The molecule has 0 aliphatic carbocycles. The highest BCUT2D eigenvalue weighted by Gasteiger charge is 2.33. The normalized spacial score (nSPS) is 18.0. The summed E-state index contributed by atoms with van der Waals surface area (Å²) in [7, 11) is 1.94. The molecule has 1 aliphatic heterocycles. The van der Waals surface area contributed by atoms with Gasteiger partial charge in [0.2, 0.25) is 0 Å². The van der Waals surface area contributed by atoms with Gasteiger partial charge < -0.3 is 4.74 Å². The zero-order valence-corrected chi connectivity index (χ0v) is 12.8. The lowest BCUT2D eigenvalue weighted by molar-refractivity contribution is -0.141. The maximum absolute atomic E-state index is 12.7. The molecule has 2 aromatic rings. The molecule has 1 atom stereocenters. The molecule has 8 heteroatoms. The second kappa shape index (κ2) is 6.35. The molecular formula is C15H17BF3N3O. The van der Waals surface area contributed by atoms with Gasteiger partial charge in [0.1, 0.15) is 13.5 Å². The minimum Gasteiger partial charge on any atom is -0.381 e. The number of hydrogen-bond donors (Lipinski definition) is 0. The Bertz CT molecular complexity index is 651. The Morgan fingerprint density at radius 2 is 1.96 bits per heavy atom. The highest BCUT2D eigenvalue weighted by atomic mass is 19.4. The predicted octanol–water partition coefficient (Wildman–Crippen LogP) is 1.57. The van der Waals surface area contributed by atoms with Crippen molar-refractivity contribution in [1.29, 1.82) is 0 Å². The number of pyridine rings is 1. The molecule has 0 spiro atoms. The lowest BCUT2D eigenvalue weighted by Crippen LogP contribution is -2.27. The van der Waals surface area contributed by atoms with E-state index in [-0.39, 0.29) is 12.0 Å². The molecule has 1 saturated heterocycles. The van der Waals surface area contributed by atoms with Crippen molar-refractivity contribution in [2.24, 2.45) is 5.92 Å². The van der Waals surface area contributed by atoms with E-state index in [1.165, 1.54) is 12.3 Å². The number of halogens is 3. The molecule has 0 saturated carbocycles. The van der Waals surface area contributed by atoms with Crippen molar-refractivity contribution < 1.29 is 17.9 Å². The van der Waals surface area contributed by atoms with Crippen LogP contribution < -0.4 is 5.46 Å². The van der Waals surface area contributed by atoms with Crippen LogP contribution in [0.1, 0.15) is 30.1 Å². The van der Waals surface area contributed by atoms with E-state index in [2.05, 4.69) is 10.1 Å².